The first-order valence-electron chi connectivity index (χ1n) is 5.25. The Morgan fingerprint density at radius 2 is 2.17 bits per heavy atom. The van der Waals surface area contributed by atoms with Crippen LogP contribution < -0.4 is 5.32 Å². The maximum absolute atomic E-state index is 13.2. The van der Waals surface area contributed by atoms with E-state index in [1.54, 1.807) is 31.3 Å². The first kappa shape index (κ1) is 12.7. The molecular formula is C13H10BrFN2O. The van der Waals surface area contributed by atoms with Gasteiger partial charge in [0.2, 0.25) is 0 Å². The molecule has 0 aliphatic carbocycles. The van der Waals surface area contributed by atoms with E-state index in [0.29, 0.717) is 15.9 Å². The summed E-state index contributed by atoms with van der Waals surface area (Å²) < 4.78 is 13.7. The summed E-state index contributed by atoms with van der Waals surface area (Å²) in [4.78, 5) is 15.9. The van der Waals surface area contributed by atoms with E-state index in [0.717, 1.165) is 0 Å². The molecule has 2 aromatic rings. The molecule has 1 heterocycles. The van der Waals surface area contributed by atoms with Gasteiger partial charge in [-0.1, -0.05) is 0 Å². The molecule has 0 fully saturated rings. The summed E-state index contributed by atoms with van der Waals surface area (Å²) in [6.45, 7) is 1.74. The summed E-state index contributed by atoms with van der Waals surface area (Å²) >= 11 is 3.23. The van der Waals surface area contributed by atoms with E-state index in [1.165, 1.54) is 12.1 Å². The molecule has 0 aliphatic heterocycles. The number of halogens is 2. The highest BCUT2D eigenvalue weighted by molar-refractivity contribution is 9.10. The van der Waals surface area contributed by atoms with Crippen molar-refractivity contribution in [3.63, 3.8) is 0 Å². The second kappa shape index (κ2) is 5.27. The second-order valence-electron chi connectivity index (χ2n) is 3.81. The molecule has 0 aliphatic rings. The highest BCUT2D eigenvalue weighted by Gasteiger charge is 2.10. The third kappa shape index (κ3) is 2.92. The second-order valence-corrected chi connectivity index (χ2v) is 4.56. The fourth-order valence-electron chi connectivity index (χ4n) is 1.54. The van der Waals surface area contributed by atoms with Gasteiger partial charge >= 0.3 is 0 Å². The quantitative estimate of drug-likeness (QED) is 0.862. The molecule has 0 unspecified atom stereocenters. The number of hydrogen-bond acceptors (Lipinski definition) is 2. The van der Waals surface area contributed by atoms with Gasteiger partial charge in [0.1, 0.15) is 10.4 Å². The fourth-order valence-corrected chi connectivity index (χ4v) is 1.89. The molecule has 0 bridgehead atoms. The van der Waals surface area contributed by atoms with Crippen molar-refractivity contribution in [2.45, 2.75) is 6.92 Å². The number of aromatic nitrogens is 1. The molecule has 1 aromatic carbocycles. The molecule has 5 heteroatoms. The largest absolute Gasteiger partial charge is 0.320 e. The summed E-state index contributed by atoms with van der Waals surface area (Å²) in [6, 6.07) is 7.62. The van der Waals surface area contributed by atoms with Gasteiger partial charge in [0.25, 0.3) is 5.91 Å². The third-order valence-electron chi connectivity index (χ3n) is 2.31. The molecule has 0 saturated heterocycles. The number of benzene rings is 1. The Morgan fingerprint density at radius 3 is 2.83 bits per heavy atom. The van der Waals surface area contributed by atoms with Gasteiger partial charge in [-0.05, 0) is 58.7 Å². The van der Waals surface area contributed by atoms with Crippen LogP contribution in [0.3, 0.4) is 0 Å². The minimum Gasteiger partial charge on any atom is -0.320 e. The van der Waals surface area contributed by atoms with Crippen LogP contribution in [0, 0.1) is 12.7 Å². The zero-order chi connectivity index (χ0) is 13.1. The summed E-state index contributed by atoms with van der Waals surface area (Å²) in [5, 5.41) is 2.67. The summed E-state index contributed by atoms with van der Waals surface area (Å²) in [5.74, 6) is -0.795. The molecule has 2 rings (SSSR count). The molecule has 1 N–H and O–H groups in total. The van der Waals surface area contributed by atoms with Crippen molar-refractivity contribution in [1.29, 1.82) is 0 Å². The Morgan fingerprint density at radius 1 is 1.39 bits per heavy atom. The van der Waals surface area contributed by atoms with E-state index in [9.17, 15) is 9.18 Å². The van der Waals surface area contributed by atoms with E-state index < -0.39 is 5.82 Å². The van der Waals surface area contributed by atoms with Gasteiger partial charge in [0.05, 0.1) is 5.69 Å². The molecule has 1 aromatic heterocycles. The molecular weight excluding hydrogens is 299 g/mol. The topological polar surface area (TPSA) is 42.0 Å². The number of carbonyl (C=O) groups excluding carboxylic acids is 1. The van der Waals surface area contributed by atoms with Crippen molar-refractivity contribution in [1.82, 2.24) is 4.98 Å². The predicted octanol–water partition coefficient (Wildman–Crippen LogP) is 3.54. The van der Waals surface area contributed by atoms with Crippen molar-refractivity contribution >= 4 is 27.5 Å². The Labute approximate surface area is 112 Å². The lowest BCUT2D eigenvalue weighted by Crippen LogP contribution is -2.13. The van der Waals surface area contributed by atoms with Gasteiger partial charge in [0, 0.05) is 11.8 Å². The van der Waals surface area contributed by atoms with E-state index in [2.05, 4.69) is 26.2 Å². The predicted molar refractivity (Wildman–Crippen MR) is 71.0 cm³/mol. The number of rotatable bonds is 2. The number of anilines is 1. The van der Waals surface area contributed by atoms with Crippen LogP contribution in [-0.4, -0.2) is 10.9 Å². The van der Waals surface area contributed by atoms with Crippen LogP contribution in [0.1, 0.15) is 15.9 Å². The minimum atomic E-state index is -0.426. The van der Waals surface area contributed by atoms with Gasteiger partial charge < -0.3 is 5.32 Å². The van der Waals surface area contributed by atoms with Gasteiger partial charge in [-0.15, -0.1) is 0 Å². The zero-order valence-corrected chi connectivity index (χ0v) is 11.2. The zero-order valence-electron chi connectivity index (χ0n) is 9.58. The Kier molecular flexibility index (Phi) is 3.72. The SMILES string of the molecule is Cc1cc(F)cc(C(=O)Nc2cccnc2Br)c1. The standard InChI is InChI=1S/C13H10BrFN2O/c1-8-5-9(7-10(15)6-8)13(18)17-11-3-2-4-16-12(11)14/h2-7H,1H3,(H,17,18). The smallest absolute Gasteiger partial charge is 0.255 e. The van der Waals surface area contributed by atoms with E-state index >= 15 is 0 Å². The summed E-state index contributed by atoms with van der Waals surface area (Å²) in [7, 11) is 0. The summed E-state index contributed by atoms with van der Waals surface area (Å²) in [5.41, 5.74) is 1.53. The molecule has 0 saturated carbocycles. The van der Waals surface area contributed by atoms with Gasteiger partial charge in [-0.2, -0.15) is 0 Å². The number of amides is 1. The number of carbonyl (C=O) groups is 1. The maximum Gasteiger partial charge on any atom is 0.255 e. The van der Waals surface area contributed by atoms with Crippen LogP contribution in [-0.2, 0) is 0 Å². The number of nitrogens with one attached hydrogen (secondary N) is 1. The molecule has 3 nitrogen and oxygen atoms in total. The summed E-state index contributed by atoms with van der Waals surface area (Å²) in [6.07, 6.45) is 1.60. The van der Waals surface area contributed by atoms with E-state index in [4.69, 9.17) is 0 Å². The molecule has 92 valence electrons. The van der Waals surface area contributed by atoms with Crippen molar-refractivity contribution < 1.29 is 9.18 Å². The van der Waals surface area contributed by atoms with Crippen LogP contribution in [0.4, 0.5) is 10.1 Å². The van der Waals surface area contributed by atoms with Crippen LogP contribution >= 0.6 is 15.9 Å². The third-order valence-corrected chi connectivity index (χ3v) is 2.94. The number of hydrogen-bond donors (Lipinski definition) is 1. The highest BCUT2D eigenvalue weighted by Crippen LogP contribution is 2.19. The van der Waals surface area contributed by atoms with Crippen molar-refractivity contribution in [2.24, 2.45) is 0 Å². The van der Waals surface area contributed by atoms with Gasteiger partial charge in [0.15, 0.2) is 0 Å². The average Bonchev–Trinajstić information content (AvgIpc) is 2.31. The lowest BCUT2D eigenvalue weighted by molar-refractivity contribution is 0.102. The van der Waals surface area contributed by atoms with Crippen molar-refractivity contribution in [2.75, 3.05) is 5.32 Å². The molecule has 0 atom stereocenters. The lowest BCUT2D eigenvalue weighted by Gasteiger charge is -2.07. The Hall–Kier alpha value is -1.75. The number of nitrogens with zero attached hydrogens (tertiary/aromatic N) is 1. The highest BCUT2D eigenvalue weighted by atomic mass is 79.9. The fraction of sp³-hybridized carbons (Fsp3) is 0.0769. The van der Waals surface area contributed by atoms with Crippen LogP contribution in [0.2, 0.25) is 0 Å². The minimum absolute atomic E-state index is 0.281. The van der Waals surface area contributed by atoms with E-state index in [-0.39, 0.29) is 11.5 Å². The Balaban J connectivity index is 2.25. The van der Waals surface area contributed by atoms with Crippen molar-refractivity contribution in [3.8, 4) is 0 Å². The average molecular weight is 309 g/mol. The molecule has 0 radical (unpaired) electrons. The van der Waals surface area contributed by atoms with Crippen LogP contribution in [0.15, 0.2) is 41.1 Å². The number of pyridine rings is 1. The van der Waals surface area contributed by atoms with Gasteiger partial charge in [-0.3, -0.25) is 4.79 Å². The monoisotopic (exact) mass is 308 g/mol. The molecule has 1 amide bonds. The van der Waals surface area contributed by atoms with Gasteiger partial charge in [-0.25, -0.2) is 9.37 Å². The van der Waals surface area contributed by atoms with Crippen LogP contribution in [0.25, 0.3) is 0 Å². The normalized spacial score (nSPS) is 10.2. The Bertz CT molecular complexity index is 581. The van der Waals surface area contributed by atoms with Crippen molar-refractivity contribution in [3.05, 3.63) is 58.1 Å². The maximum atomic E-state index is 13.2. The molecule has 0 spiro atoms. The first-order valence-corrected chi connectivity index (χ1v) is 6.04. The molecule has 18 heavy (non-hydrogen) atoms. The lowest BCUT2D eigenvalue weighted by atomic mass is 10.1. The van der Waals surface area contributed by atoms with E-state index in [1.807, 2.05) is 0 Å². The number of aryl methyl sites for hydroxylation is 1. The first-order chi connectivity index (χ1) is 8.56. The van der Waals surface area contributed by atoms with Crippen LogP contribution in [0.5, 0.6) is 0 Å².